The van der Waals surface area contributed by atoms with Gasteiger partial charge in [-0.05, 0) is 26.2 Å². The Labute approximate surface area is 114 Å². The lowest BCUT2D eigenvalue weighted by molar-refractivity contribution is 0.396. The molecular formula is C12H22N4O2S. The summed E-state index contributed by atoms with van der Waals surface area (Å²) in [6, 6.07) is 0.154. The molecule has 0 atom stereocenters. The number of nitrogens with two attached hydrogens (primary N) is 1. The van der Waals surface area contributed by atoms with Gasteiger partial charge in [0.2, 0.25) is 10.0 Å². The van der Waals surface area contributed by atoms with Crippen molar-refractivity contribution in [1.82, 2.24) is 14.1 Å². The third-order valence-corrected chi connectivity index (χ3v) is 5.32. The molecule has 0 unspecified atom stereocenters. The third kappa shape index (κ3) is 2.92. The summed E-state index contributed by atoms with van der Waals surface area (Å²) in [7, 11) is -3.50. The lowest BCUT2D eigenvalue weighted by atomic mass is 10.3. The van der Waals surface area contributed by atoms with Gasteiger partial charge in [0.15, 0.2) is 5.82 Å². The Kier molecular flexibility index (Phi) is 4.15. The molecule has 2 N–H and O–H groups in total. The number of nitrogen functional groups attached to an aromatic ring is 1. The van der Waals surface area contributed by atoms with Gasteiger partial charge in [0.1, 0.15) is 4.90 Å². The Balaban J connectivity index is 2.30. The minimum atomic E-state index is -3.50. The van der Waals surface area contributed by atoms with Crippen molar-refractivity contribution in [2.45, 2.75) is 57.0 Å². The molecule has 0 bridgehead atoms. The molecule has 0 spiro atoms. The van der Waals surface area contributed by atoms with Gasteiger partial charge < -0.3 is 5.73 Å². The van der Waals surface area contributed by atoms with Gasteiger partial charge in [-0.3, -0.25) is 4.68 Å². The topological polar surface area (TPSA) is 81.2 Å². The van der Waals surface area contributed by atoms with Gasteiger partial charge in [-0.25, -0.2) is 8.42 Å². The van der Waals surface area contributed by atoms with E-state index in [1.165, 1.54) is 6.20 Å². The van der Waals surface area contributed by atoms with E-state index in [1.807, 2.05) is 6.92 Å². The first-order valence-corrected chi connectivity index (χ1v) is 8.29. The Hall–Kier alpha value is -1.08. The monoisotopic (exact) mass is 286 g/mol. The summed E-state index contributed by atoms with van der Waals surface area (Å²) in [5.41, 5.74) is 5.75. The lowest BCUT2D eigenvalue weighted by Crippen LogP contribution is -2.34. The molecule has 1 aromatic heterocycles. The van der Waals surface area contributed by atoms with Crippen LogP contribution in [0.2, 0.25) is 0 Å². The van der Waals surface area contributed by atoms with Crippen molar-refractivity contribution in [3.63, 3.8) is 0 Å². The van der Waals surface area contributed by atoms with E-state index >= 15 is 0 Å². The first-order valence-electron chi connectivity index (χ1n) is 6.85. The number of aromatic nitrogens is 2. The van der Waals surface area contributed by atoms with Crippen molar-refractivity contribution in [3.05, 3.63) is 6.20 Å². The highest BCUT2D eigenvalue weighted by Crippen LogP contribution is 2.33. The zero-order valence-electron chi connectivity index (χ0n) is 11.5. The SMILES string of the molecule is CCCCN(C1CC1)S(=O)(=O)c1cn(CC)nc1N. The highest BCUT2D eigenvalue weighted by Gasteiger charge is 2.39. The summed E-state index contributed by atoms with van der Waals surface area (Å²) in [5, 5.41) is 4.03. The molecule has 6 nitrogen and oxygen atoms in total. The predicted molar refractivity (Wildman–Crippen MR) is 74.1 cm³/mol. The molecule has 0 aliphatic heterocycles. The molecule has 0 aromatic carbocycles. The Morgan fingerprint density at radius 2 is 2.16 bits per heavy atom. The first-order chi connectivity index (χ1) is 9.00. The molecule has 2 rings (SSSR count). The molecule has 0 radical (unpaired) electrons. The number of unbranched alkanes of at least 4 members (excludes halogenated alkanes) is 1. The highest BCUT2D eigenvalue weighted by atomic mass is 32.2. The standard InChI is InChI=1S/C12H22N4O2S/c1-3-5-8-16(10-6-7-10)19(17,18)11-9-15(4-2)14-12(11)13/h9-10H,3-8H2,1-2H3,(H2,13,14). The van der Waals surface area contributed by atoms with E-state index in [0.717, 1.165) is 25.7 Å². The molecular weight excluding hydrogens is 264 g/mol. The summed E-state index contributed by atoms with van der Waals surface area (Å²) in [4.78, 5) is 0.150. The van der Waals surface area contributed by atoms with Crippen molar-refractivity contribution in [2.75, 3.05) is 12.3 Å². The fourth-order valence-electron chi connectivity index (χ4n) is 2.08. The summed E-state index contributed by atoms with van der Waals surface area (Å²) in [5.74, 6) is 0.101. The summed E-state index contributed by atoms with van der Waals surface area (Å²) < 4.78 is 28.5. The van der Waals surface area contributed by atoms with E-state index in [2.05, 4.69) is 12.0 Å². The van der Waals surface area contributed by atoms with Crippen molar-refractivity contribution in [2.24, 2.45) is 0 Å². The molecule has 108 valence electrons. The van der Waals surface area contributed by atoms with E-state index < -0.39 is 10.0 Å². The zero-order chi connectivity index (χ0) is 14.0. The van der Waals surface area contributed by atoms with Crippen molar-refractivity contribution >= 4 is 15.8 Å². The molecule has 7 heteroatoms. The highest BCUT2D eigenvalue weighted by molar-refractivity contribution is 7.89. The average Bonchev–Trinajstić information content (AvgIpc) is 3.11. The lowest BCUT2D eigenvalue weighted by Gasteiger charge is -2.20. The van der Waals surface area contributed by atoms with Gasteiger partial charge in [0.25, 0.3) is 0 Å². The van der Waals surface area contributed by atoms with Crippen LogP contribution in [0.3, 0.4) is 0 Å². The molecule has 1 aromatic rings. The van der Waals surface area contributed by atoms with Crippen LogP contribution < -0.4 is 5.73 Å². The van der Waals surface area contributed by atoms with Gasteiger partial charge >= 0.3 is 0 Å². The second-order valence-corrected chi connectivity index (χ2v) is 6.79. The minimum absolute atomic E-state index is 0.101. The van der Waals surface area contributed by atoms with E-state index in [1.54, 1.807) is 8.99 Å². The van der Waals surface area contributed by atoms with Crippen LogP contribution in [0.25, 0.3) is 0 Å². The van der Waals surface area contributed by atoms with Crippen LogP contribution in [0, 0.1) is 0 Å². The number of nitrogens with zero attached hydrogens (tertiary/aromatic N) is 3. The number of hydrogen-bond donors (Lipinski definition) is 1. The molecule has 0 saturated heterocycles. The maximum absolute atomic E-state index is 12.7. The maximum atomic E-state index is 12.7. The van der Waals surface area contributed by atoms with Gasteiger partial charge in [0, 0.05) is 25.3 Å². The number of aryl methyl sites for hydroxylation is 1. The normalized spacial score (nSPS) is 16.2. The zero-order valence-corrected chi connectivity index (χ0v) is 12.4. The molecule has 1 saturated carbocycles. The number of sulfonamides is 1. The third-order valence-electron chi connectivity index (χ3n) is 3.35. The van der Waals surface area contributed by atoms with Crippen LogP contribution in [-0.2, 0) is 16.6 Å². The van der Waals surface area contributed by atoms with Crippen LogP contribution >= 0.6 is 0 Å². The van der Waals surface area contributed by atoms with Gasteiger partial charge in [-0.1, -0.05) is 13.3 Å². The second kappa shape index (κ2) is 5.50. The second-order valence-electron chi connectivity index (χ2n) is 4.93. The Bertz CT molecular complexity index is 534. The number of rotatable bonds is 7. The van der Waals surface area contributed by atoms with Crippen molar-refractivity contribution in [3.8, 4) is 0 Å². The van der Waals surface area contributed by atoms with Crippen molar-refractivity contribution in [1.29, 1.82) is 0 Å². The molecule has 1 heterocycles. The summed E-state index contributed by atoms with van der Waals surface area (Å²) in [6.45, 7) is 5.14. The van der Waals surface area contributed by atoms with Gasteiger partial charge in [-0.15, -0.1) is 0 Å². The number of anilines is 1. The fourth-order valence-corrected chi connectivity index (χ4v) is 3.87. The quantitative estimate of drug-likeness (QED) is 0.822. The van der Waals surface area contributed by atoms with Gasteiger partial charge in [0.05, 0.1) is 0 Å². The van der Waals surface area contributed by atoms with E-state index in [9.17, 15) is 8.42 Å². The van der Waals surface area contributed by atoms with Crippen LogP contribution in [0.15, 0.2) is 11.1 Å². The summed E-state index contributed by atoms with van der Waals surface area (Å²) in [6.07, 6.45) is 5.28. The molecule has 0 amide bonds. The van der Waals surface area contributed by atoms with Crippen LogP contribution in [-0.4, -0.2) is 35.1 Å². The van der Waals surface area contributed by atoms with E-state index in [0.29, 0.717) is 13.1 Å². The molecule has 1 fully saturated rings. The van der Waals surface area contributed by atoms with Crippen LogP contribution in [0.5, 0.6) is 0 Å². The molecule has 1 aliphatic carbocycles. The van der Waals surface area contributed by atoms with Gasteiger partial charge in [-0.2, -0.15) is 9.40 Å². The average molecular weight is 286 g/mol. The van der Waals surface area contributed by atoms with E-state index in [-0.39, 0.29) is 16.8 Å². The minimum Gasteiger partial charge on any atom is -0.381 e. The summed E-state index contributed by atoms with van der Waals surface area (Å²) >= 11 is 0. The first kappa shape index (κ1) is 14.3. The smallest absolute Gasteiger partial charge is 0.248 e. The molecule has 19 heavy (non-hydrogen) atoms. The Morgan fingerprint density at radius 1 is 1.47 bits per heavy atom. The fraction of sp³-hybridized carbons (Fsp3) is 0.750. The maximum Gasteiger partial charge on any atom is 0.248 e. The largest absolute Gasteiger partial charge is 0.381 e. The van der Waals surface area contributed by atoms with Crippen LogP contribution in [0.4, 0.5) is 5.82 Å². The van der Waals surface area contributed by atoms with Crippen molar-refractivity contribution < 1.29 is 8.42 Å². The molecule has 1 aliphatic rings. The predicted octanol–water partition coefficient (Wildman–Crippen LogP) is 1.44. The Morgan fingerprint density at radius 3 is 2.63 bits per heavy atom. The van der Waals surface area contributed by atoms with Crippen LogP contribution in [0.1, 0.15) is 39.5 Å². The van der Waals surface area contributed by atoms with E-state index in [4.69, 9.17) is 5.73 Å². The number of hydrogen-bond acceptors (Lipinski definition) is 4.